The smallest absolute Gasteiger partial charge is 0.255 e. The van der Waals surface area contributed by atoms with Crippen LogP contribution in [0.3, 0.4) is 0 Å². The molecule has 1 aromatic heterocycles. The van der Waals surface area contributed by atoms with Crippen molar-refractivity contribution in [1.29, 1.82) is 0 Å². The lowest BCUT2D eigenvalue weighted by Crippen LogP contribution is -2.33. The van der Waals surface area contributed by atoms with E-state index in [9.17, 15) is 13.6 Å². The molecule has 172 valence electrons. The molecule has 0 N–H and O–H groups in total. The molecule has 0 bridgehead atoms. The Morgan fingerprint density at radius 2 is 1.82 bits per heavy atom. The first-order valence-electron chi connectivity index (χ1n) is 10.7. The number of hydrogen-bond donors (Lipinski definition) is 0. The number of methoxy groups -OCH3 is 1. The molecule has 2 heterocycles. The van der Waals surface area contributed by atoms with E-state index in [1.807, 2.05) is 7.05 Å². The van der Waals surface area contributed by atoms with Gasteiger partial charge in [0.05, 0.1) is 12.8 Å². The molecule has 0 spiro atoms. The third-order valence-corrected chi connectivity index (χ3v) is 5.67. The van der Waals surface area contributed by atoms with Crippen molar-refractivity contribution in [3.63, 3.8) is 0 Å². The minimum absolute atomic E-state index is 0.0783. The Labute approximate surface area is 190 Å². The normalized spacial score (nSPS) is 15.5. The van der Waals surface area contributed by atoms with Gasteiger partial charge in [-0.15, -0.1) is 0 Å². The molecule has 0 atom stereocenters. The van der Waals surface area contributed by atoms with Gasteiger partial charge in [-0.25, -0.2) is 8.78 Å². The van der Waals surface area contributed by atoms with Gasteiger partial charge in [-0.05, 0) is 50.2 Å². The quantitative estimate of drug-likeness (QED) is 0.418. The summed E-state index contributed by atoms with van der Waals surface area (Å²) in [5, 5.41) is 4.30. The molecule has 8 heteroatoms. The van der Waals surface area contributed by atoms with Crippen molar-refractivity contribution in [2.24, 2.45) is 5.16 Å². The van der Waals surface area contributed by atoms with E-state index in [-0.39, 0.29) is 22.9 Å². The van der Waals surface area contributed by atoms with Crippen LogP contribution in [0.1, 0.15) is 24.0 Å². The number of para-hydroxylation sites is 2. The molecule has 0 saturated carbocycles. The van der Waals surface area contributed by atoms with Gasteiger partial charge in [-0.3, -0.25) is 9.36 Å². The van der Waals surface area contributed by atoms with Crippen LogP contribution in [0.5, 0.6) is 5.75 Å². The average Bonchev–Trinajstić information content (AvgIpc) is 2.82. The zero-order chi connectivity index (χ0) is 23.4. The Hall–Kier alpha value is -3.52. The maximum atomic E-state index is 14.8. The number of nitrogens with zero attached hydrogens (tertiary/aromatic N) is 3. The zero-order valence-corrected chi connectivity index (χ0v) is 18.5. The zero-order valence-electron chi connectivity index (χ0n) is 18.5. The second kappa shape index (κ2) is 9.95. The predicted molar refractivity (Wildman–Crippen MR) is 122 cm³/mol. The van der Waals surface area contributed by atoms with E-state index in [1.54, 1.807) is 36.5 Å². The largest absolute Gasteiger partial charge is 0.495 e. The number of pyridine rings is 1. The molecule has 6 nitrogen and oxygen atoms in total. The Balaban J connectivity index is 1.79. The van der Waals surface area contributed by atoms with Crippen molar-refractivity contribution in [3.8, 4) is 11.4 Å². The van der Waals surface area contributed by atoms with Crippen molar-refractivity contribution >= 4 is 5.71 Å². The minimum Gasteiger partial charge on any atom is -0.495 e. The Kier molecular flexibility index (Phi) is 6.84. The third kappa shape index (κ3) is 5.12. The van der Waals surface area contributed by atoms with E-state index in [1.165, 1.54) is 29.9 Å². The molecule has 1 saturated heterocycles. The second-order valence-electron chi connectivity index (χ2n) is 7.97. The highest BCUT2D eigenvalue weighted by Crippen LogP contribution is 2.23. The lowest BCUT2D eigenvalue weighted by molar-refractivity contribution is 0.0163. The summed E-state index contributed by atoms with van der Waals surface area (Å²) in [5.41, 5.74) is 0.934. The van der Waals surface area contributed by atoms with Crippen molar-refractivity contribution in [1.82, 2.24) is 9.47 Å². The van der Waals surface area contributed by atoms with Crippen LogP contribution in [0, 0.1) is 11.6 Å². The number of rotatable bonds is 6. The number of oxime groups is 1. The summed E-state index contributed by atoms with van der Waals surface area (Å²) in [6.45, 7) is 1.75. The van der Waals surface area contributed by atoms with Gasteiger partial charge in [0, 0.05) is 42.5 Å². The fraction of sp³-hybridized carbons (Fsp3) is 0.280. The van der Waals surface area contributed by atoms with E-state index in [4.69, 9.17) is 9.57 Å². The van der Waals surface area contributed by atoms with Crippen molar-refractivity contribution in [3.05, 3.63) is 93.9 Å². The topological polar surface area (TPSA) is 56.1 Å². The number of likely N-dealkylation sites (tertiary alicyclic amines) is 1. The van der Waals surface area contributed by atoms with Crippen LogP contribution in [-0.4, -0.2) is 48.5 Å². The van der Waals surface area contributed by atoms with E-state index >= 15 is 0 Å². The number of benzene rings is 2. The van der Waals surface area contributed by atoms with E-state index in [0.29, 0.717) is 17.0 Å². The van der Waals surface area contributed by atoms with E-state index < -0.39 is 11.6 Å². The standard InChI is InChI=1S/C25H25F2N3O3/c1-29-13-11-19(12-14-29)33-28-25(20-9-8-18(26)15-21(20)27)17-7-10-24(31)30(16-17)22-5-3-4-6-23(22)32-2/h3-10,15-16,19H,11-14H2,1-2H3. The molecule has 0 unspecified atom stereocenters. The third-order valence-electron chi connectivity index (χ3n) is 5.67. The van der Waals surface area contributed by atoms with Crippen LogP contribution in [-0.2, 0) is 4.84 Å². The molecule has 1 fully saturated rings. The Morgan fingerprint density at radius 1 is 1.06 bits per heavy atom. The summed E-state index contributed by atoms with van der Waals surface area (Å²) in [7, 11) is 3.56. The van der Waals surface area contributed by atoms with Crippen LogP contribution in [0.25, 0.3) is 5.69 Å². The molecule has 33 heavy (non-hydrogen) atoms. The number of piperidine rings is 1. The summed E-state index contributed by atoms with van der Waals surface area (Å²) in [5.74, 6) is -0.952. The SMILES string of the molecule is COc1ccccc1-n1cc(C(=NOC2CCN(C)CC2)c2ccc(F)cc2F)ccc1=O. The first-order chi connectivity index (χ1) is 16.0. The molecule has 4 rings (SSSR count). The molecular weight excluding hydrogens is 428 g/mol. The van der Waals surface area contributed by atoms with Gasteiger partial charge < -0.3 is 14.5 Å². The lowest BCUT2D eigenvalue weighted by atomic mass is 10.0. The fourth-order valence-electron chi connectivity index (χ4n) is 3.80. The predicted octanol–water partition coefficient (Wildman–Crippen LogP) is 3.99. The van der Waals surface area contributed by atoms with E-state index in [0.717, 1.165) is 32.0 Å². The van der Waals surface area contributed by atoms with Gasteiger partial charge in [0.15, 0.2) is 0 Å². The van der Waals surface area contributed by atoms with Gasteiger partial charge >= 0.3 is 0 Å². The van der Waals surface area contributed by atoms with Crippen molar-refractivity contribution in [2.75, 3.05) is 27.2 Å². The molecule has 0 aliphatic carbocycles. The second-order valence-corrected chi connectivity index (χ2v) is 7.97. The van der Waals surface area contributed by atoms with Crippen LogP contribution in [0.4, 0.5) is 8.78 Å². The monoisotopic (exact) mass is 453 g/mol. The maximum absolute atomic E-state index is 14.8. The van der Waals surface area contributed by atoms with Crippen LogP contribution in [0.15, 0.2) is 70.7 Å². The van der Waals surface area contributed by atoms with E-state index in [2.05, 4.69) is 10.1 Å². The molecule has 0 amide bonds. The first kappa shape index (κ1) is 22.7. The highest BCUT2D eigenvalue weighted by atomic mass is 19.1. The molecule has 3 aromatic rings. The Morgan fingerprint density at radius 3 is 2.55 bits per heavy atom. The fourth-order valence-corrected chi connectivity index (χ4v) is 3.80. The average molecular weight is 453 g/mol. The van der Waals surface area contributed by atoms with Gasteiger partial charge in [-0.1, -0.05) is 17.3 Å². The summed E-state index contributed by atoms with van der Waals surface area (Å²) in [6.07, 6.45) is 3.03. The number of halogens is 2. The summed E-state index contributed by atoms with van der Waals surface area (Å²) >= 11 is 0. The summed E-state index contributed by atoms with van der Waals surface area (Å²) < 4.78 is 35.1. The molecule has 2 aromatic carbocycles. The van der Waals surface area contributed by atoms with Crippen molar-refractivity contribution in [2.45, 2.75) is 18.9 Å². The van der Waals surface area contributed by atoms with Gasteiger partial charge in [0.1, 0.15) is 29.2 Å². The highest BCUT2D eigenvalue weighted by Gasteiger charge is 2.20. The summed E-state index contributed by atoms with van der Waals surface area (Å²) in [4.78, 5) is 20.7. The highest BCUT2D eigenvalue weighted by molar-refractivity contribution is 6.12. The molecule has 1 aliphatic rings. The van der Waals surface area contributed by atoms with Gasteiger partial charge in [-0.2, -0.15) is 0 Å². The minimum atomic E-state index is -0.768. The number of aromatic nitrogens is 1. The van der Waals surface area contributed by atoms with Gasteiger partial charge in [0.2, 0.25) is 0 Å². The maximum Gasteiger partial charge on any atom is 0.255 e. The van der Waals surface area contributed by atoms with Gasteiger partial charge in [0.25, 0.3) is 5.56 Å². The molecular formula is C25H25F2N3O3. The number of hydrogen-bond acceptors (Lipinski definition) is 5. The first-order valence-corrected chi connectivity index (χ1v) is 10.7. The van der Waals surface area contributed by atoms with Crippen LogP contribution >= 0.6 is 0 Å². The lowest BCUT2D eigenvalue weighted by Gasteiger charge is -2.27. The van der Waals surface area contributed by atoms with Crippen LogP contribution in [0.2, 0.25) is 0 Å². The number of ether oxygens (including phenoxy) is 1. The van der Waals surface area contributed by atoms with Crippen molar-refractivity contribution < 1.29 is 18.4 Å². The molecule has 1 aliphatic heterocycles. The Bertz CT molecular complexity index is 1220. The molecule has 0 radical (unpaired) electrons. The van der Waals surface area contributed by atoms with Crippen LogP contribution < -0.4 is 10.3 Å². The summed E-state index contributed by atoms with van der Waals surface area (Å²) in [6, 6.07) is 13.3.